The van der Waals surface area contributed by atoms with E-state index in [1.54, 1.807) is 5.31 Å². The summed E-state index contributed by atoms with van der Waals surface area (Å²) in [6.45, 7) is 0. The molecule has 0 fully saturated rings. The summed E-state index contributed by atoms with van der Waals surface area (Å²) in [5, 5.41) is 4.51. The Balaban J connectivity index is 1.88. The second kappa shape index (κ2) is 5.99. The molecule has 0 amide bonds. The van der Waals surface area contributed by atoms with E-state index in [9.17, 15) is 0 Å². The van der Waals surface area contributed by atoms with Crippen LogP contribution < -0.4 is 10.6 Å². The van der Waals surface area contributed by atoms with Crippen LogP contribution in [0.4, 0.5) is 0 Å². The van der Waals surface area contributed by atoms with Crippen molar-refractivity contribution in [1.29, 1.82) is 0 Å². The van der Waals surface area contributed by atoms with Gasteiger partial charge in [-0.15, -0.1) is 0 Å². The van der Waals surface area contributed by atoms with Crippen LogP contribution in [0.2, 0.25) is 0 Å². The first-order chi connectivity index (χ1) is 10.8. The minimum absolute atomic E-state index is 0.429. The molecule has 108 valence electrons. The third-order valence-corrected chi connectivity index (χ3v) is 7.49. The summed E-state index contributed by atoms with van der Waals surface area (Å²) in [6, 6.07) is 15.5. The molecule has 0 saturated heterocycles. The topological polar surface area (TPSA) is 0 Å². The van der Waals surface area contributed by atoms with E-state index in [0.717, 1.165) is 12.8 Å². The molecule has 0 aliphatic heterocycles. The van der Waals surface area contributed by atoms with Crippen molar-refractivity contribution >= 4 is 40.5 Å². The van der Waals surface area contributed by atoms with E-state index in [1.165, 1.54) is 26.2 Å². The van der Waals surface area contributed by atoms with Crippen LogP contribution in [-0.4, -0.2) is 0 Å². The van der Waals surface area contributed by atoms with Gasteiger partial charge in [0.1, 0.15) is 0 Å². The molecule has 0 saturated carbocycles. The highest BCUT2D eigenvalue weighted by Gasteiger charge is 2.24. The standard InChI is InChI=1S/C20H16BrP/c21-19-13-14-20(18-12-6-11-17(18)19)22(16-9-4-5-10-16)15-7-2-1-3-8-15/h1-9,11,13-14H,10,12H2. The number of fused-ring (bicyclic) bond motifs is 1. The van der Waals surface area contributed by atoms with Gasteiger partial charge >= 0.3 is 0 Å². The van der Waals surface area contributed by atoms with Crippen molar-refractivity contribution in [2.24, 2.45) is 0 Å². The van der Waals surface area contributed by atoms with Gasteiger partial charge in [-0.3, -0.25) is 0 Å². The largest absolute Gasteiger partial charge is 0.0801 e. The van der Waals surface area contributed by atoms with Crippen molar-refractivity contribution < 1.29 is 0 Å². The average molecular weight is 367 g/mol. The Bertz CT molecular complexity index is 800. The lowest BCUT2D eigenvalue weighted by atomic mass is 10.1. The number of halogens is 1. The van der Waals surface area contributed by atoms with Crippen LogP contribution in [0.25, 0.3) is 6.08 Å². The molecule has 2 aromatic rings. The lowest BCUT2D eigenvalue weighted by Crippen LogP contribution is -2.17. The van der Waals surface area contributed by atoms with Gasteiger partial charge in [0, 0.05) is 4.47 Å². The minimum Gasteiger partial charge on any atom is -0.0801 e. The number of hydrogen-bond acceptors (Lipinski definition) is 0. The van der Waals surface area contributed by atoms with E-state index in [-0.39, 0.29) is 0 Å². The summed E-state index contributed by atoms with van der Waals surface area (Å²) >= 11 is 3.70. The predicted octanol–water partition coefficient (Wildman–Crippen LogP) is 5.29. The molecule has 1 unspecified atom stereocenters. The van der Waals surface area contributed by atoms with Crippen LogP contribution in [0.15, 0.2) is 76.6 Å². The van der Waals surface area contributed by atoms with Gasteiger partial charge in [0.2, 0.25) is 0 Å². The lowest BCUT2D eigenvalue weighted by Gasteiger charge is -2.23. The Kier molecular flexibility index (Phi) is 3.86. The molecule has 2 aromatic carbocycles. The summed E-state index contributed by atoms with van der Waals surface area (Å²) in [5.41, 5.74) is 2.87. The number of hydrogen-bond donors (Lipinski definition) is 0. The van der Waals surface area contributed by atoms with Crippen molar-refractivity contribution in [1.82, 2.24) is 0 Å². The van der Waals surface area contributed by atoms with Gasteiger partial charge in [-0.2, -0.15) is 0 Å². The molecule has 0 bridgehead atoms. The summed E-state index contributed by atoms with van der Waals surface area (Å²) in [6.07, 6.45) is 13.4. The Morgan fingerprint density at radius 1 is 0.909 bits per heavy atom. The van der Waals surface area contributed by atoms with Crippen molar-refractivity contribution in [3.8, 4) is 0 Å². The molecule has 4 rings (SSSR count). The lowest BCUT2D eigenvalue weighted by molar-refractivity contribution is 1.32. The van der Waals surface area contributed by atoms with E-state index < -0.39 is 7.92 Å². The van der Waals surface area contributed by atoms with Gasteiger partial charge in [-0.05, 0) is 53.9 Å². The van der Waals surface area contributed by atoms with Crippen molar-refractivity contribution in [2.45, 2.75) is 12.8 Å². The molecule has 0 radical (unpaired) electrons. The van der Waals surface area contributed by atoms with Crippen LogP contribution in [0.3, 0.4) is 0 Å². The summed E-state index contributed by atoms with van der Waals surface area (Å²) in [4.78, 5) is 0. The maximum Gasteiger partial charge on any atom is 0.0250 e. The fourth-order valence-corrected chi connectivity index (χ4v) is 6.28. The van der Waals surface area contributed by atoms with E-state index in [1.807, 2.05) is 0 Å². The van der Waals surface area contributed by atoms with E-state index >= 15 is 0 Å². The fourth-order valence-electron chi connectivity index (χ4n) is 3.16. The minimum atomic E-state index is -0.429. The molecule has 0 heterocycles. The second-order valence-electron chi connectivity index (χ2n) is 5.53. The number of benzene rings is 2. The molecule has 0 aromatic heterocycles. The summed E-state index contributed by atoms with van der Waals surface area (Å²) < 4.78 is 1.21. The highest BCUT2D eigenvalue weighted by Crippen LogP contribution is 2.48. The molecular formula is C20H16BrP. The number of allylic oxidation sites excluding steroid dienone is 5. The SMILES string of the molecule is Brc1ccc(P(C2=CC=CC2)c2ccccc2)c2c1C=CC2. The Morgan fingerprint density at radius 3 is 2.55 bits per heavy atom. The second-order valence-corrected chi connectivity index (χ2v) is 8.62. The molecule has 2 aliphatic carbocycles. The van der Waals surface area contributed by atoms with Crippen molar-refractivity contribution in [3.05, 3.63) is 87.7 Å². The van der Waals surface area contributed by atoms with Crippen LogP contribution in [-0.2, 0) is 6.42 Å². The van der Waals surface area contributed by atoms with Gasteiger partial charge in [0.05, 0.1) is 0 Å². The predicted molar refractivity (Wildman–Crippen MR) is 101 cm³/mol. The van der Waals surface area contributed by atoms with E-state index in [4.69, 9.17) is 0 Å². The molecule has 0 N–H and O–H groups in total. The van der Waals surface area contributed by atoms with Crippen LogP contribution in [0.5, 0.6) is 0 Å². The Labute approximate surface area is 141 Å². The Morgan fingerprint density at radius 2 is 1.77 bits per heavy atom. The first kappa shape index (κ1) is 14.2. The van der Waals surface area contributed by atoms with Gasteiger partial charge in [-0.1, -0.05) is 82.7 Å². The zero-order valence-corrected chi connectivity index (χ0v) is 14.6. The summed E-state index contributed by atoms with van der Waals surface area (Å²) in [5.74, 6) is 0. The van der Waals surface area contributed by atoms with E-state index in [2.05, 4.69) is 88.8 Å². The van der Waals surface area contributed by atoms with Crippen LogP contribution in [0.1, 0.15) is 17.5 Å². The third kappa shape index (κ3) is 2.43. The van der Waals surface area contributed by atoms with Gasteiger partial charge in [0.15, 0.2) is 0 Å². The maximum atomic E-state index is 3.70. The highest BCUT2D eigenvalue weighted by atomic mass is 79.9. The molecule has 22 heavy (non-hydrogen) atoms. The number of rotatable bonds is 3. The maximum absolute atomic E-state index is 3.70. The van der Waals surface area contributed by atoms with Crippen LogP contribution >= 0.6 is 23.9 Å². The monoisotopic (exact) mass is 366 g/mol. The summed E-state index contributed by atoms with van der Waals surface area (Å²) in [7, 11) is -0.429. The van der Waals surface area contributed by atoms with Crippen molar-refractivity contribution in [2.75, 3.05) is 0 Å². The van der Waals surface area contributed by atoms with Gasteiger partial charge in [-0.25, -0.2) is 0 Å². The van der Waals surface area contributed by atoms with E-state index in [0.29, 0.717) is 0 Å². The zero-order chi connectivity index (χ0) is 14.9. The molecule has 2 aliphatic rings. The van der Waals surface area contributed by atoms with Gasteiger partial charge in [0.25, 0.3) is 0 Å². The zero-order valence-electron chi connectivity index (χ0n) is 12.2. The van der Waals surface area contributed by atoms with Crippen LogP contribution in [0, 0.1) is 0 Å². The van der Waals surface area contributed by atoms with Gasteiger partial charge < -0.3 is 0 Å². The normalized spacial score (nSPS) is 16.7. The quantitative estimate of drug-likeness (QED) is 0.647. The molecular weight excluding hydrogens is 351 g/mol. The Hall–Kier alpha value is -1.43. The fraction of sp³-hybridized carbons (Fsp3) is 0.100. The first-order valence-corrected chi connectivity index (χ1v) is 9.67. The molecule has 0 nitrogen and oxygen atoms in total. The van der Waals surface area contributed by atoms with Crippen molar-refractivity contribution in [3.63, 3.8) is 0 Å². The first-order valence-electron chi connectivity index (χ1n) is 7.53. The average Bonchev–Trinajstić information content (AvgIpc) is 3.23. The molecule has 0 spiro atoms. The molecule has 1 atom stereocenters. The molecule has 2 heteroatoms. The highest BCUT2D eigenvalue weighted by molar-refractivity contribution is 9.10. The third-order valence-electron chi connectivity index (χ3n) is 4.18. The smallest absolute Gasteiger partial charge is 0.0250 e.